The van der Waals surface area contributed by atoms with Crippen molar-refractivity contribution in [1.29, 1.82) is 0 Å². The fourth-order valence-corrected chi connectivity index (χ4v) is 5.83. The quantitative estimate of drug-likeness (QED) is 0.711. The highest BCUT2D eigenvalue weighted by molar-refractivity contribution is 7.10. The summed E-state index contributed by atoms with van der Waals surface area (Å²) in [6, 6.07) is 15.3. The Labute approximate surface area is 155 Å². The molecule has 1 spiro atoms. The Morgan fingerprint density at radius 3 is 2.60 bits per heavy atom. The molecule has 1 saturated heterocycles. The summed E-state index contributed by atoms with van der Waals surface area (Å²) >= 11 is 1.94. The minimum Gasteiger partial charge on any atom is -0.375 e. The van der Waals surface area contributed by atoms with E-state index in [1.54, 1.807) is 4.88 Å². The van der Waals surface area contributed by atoms with E-state index in [9.17, 15) is 0 Å². The highest BCUT2D eigenvalue weighted by Gasteiger charge is 2.48. The second-order valence-corrected chi connectivity index (χ2v) is 8.78. The smallest absolute Gasteiger partial charge is 0.0691 e. The van der Waals surface area contributed by atoms with Gasteiger partial charge in [0.1, 0.15) is 0 Å². The Hall–Kier alpha value is -1.16. The molecule has 1 atom stereocenters. The van der Waals surface area contributed by atoms with Crippen molar-refractivity contribution in [2.75, 3.05) is 13.2 Å². The number of benzene rings is 1. The highest BCUT2D eigenvalue weighted by Crippen LogP contribution is 2.50. The van der Waals surface area contributed by atoms with E-state index in [1.807, 2.05) is 11.3 Å². The lowest BCUT2D eigenvalue weighted by Crippen LogP contribution is -2.46. The van der Waals surface area contributed by atoms with Gasteiger partial charge in [-0.15, -0.1) is 11.3 Å². The van der Waals surface area contributed by atoms with E-state index < -0.39 is 0 Å². The Bertz CT molecular complexity index is 648. The Balaban J connectivity index is 1.43. The Kier molecular flexibility index (Phi) is 5.25. The zero-order chi connectivity index (χ0) is 17.0. The fraction of sp³-hybridized carbons (Fsp3) is 0.545. The summed E-state index contributed by atoms with van der Waals surface area (Å²) in [4.78, 5) is 1.57. The SMILES string of the molecule is c1ccc(CNCCC2(c3cccs3)CCOC3(CCCC3)C2)cc1. The van der Waals surface area contributed by atoms with E-state index in [0.29, 0.717) is 5.41 Å². The van der Waals surface area contributed by atoms with Gasteiger partial charge in [0.25, 0.3) is 0 Å². The van der Waals surface area contributed by atoms with Crippen LogP contribution in [-0.4, -0.2) is 18.8 Å². The van der Waals surface area contributed by atoms with Gasteiger partial charge in [0, 0.05) is 23.4 Å². The minimum absolute atomic E-state index is 0.168. The van der Waals surface area contributed by atoms with Crippen molar-refractivity contribution in [2.45, 2.75) is 62.5 Å². The largest absolute Gasteiger partial charge is 0.375 e. The average Bonchev–Trinajstić information content (AvgIpc) is 3.33. The van der Waals surface area contributed by atoms with Crippen LogP contribution in [0.3, 0.4) is 0 Å². The van der Waals surface area contributed by atoms with Crippen molar-refractivity contribution in [2.24, 2.45) is 0 Å². The normalized spacial score (nSPS) is 25.4. The number of rotatable bonds is 6. The van der Waals surface area contributed by atoms with Crippen LogP contribution in [0.5, 0.6) is 0 Å². The maximum absolute atomic E-state index is 6.34. The van der Waals surface area contributed by atoms with Gasteiger partial charge >= 0.3 is 0 Å². The lowest BCUT2D eigenvalue weighted by atomic mass is 9.69. The first kappa shape index (κ1) is 17.3. The van der Waals surface area contributed by atoms with Gasteiger partial charge in [-0.1, -0.05) is 49.2 Å². The average molecular weight is 356 g/mol. The third-order valence-corrected chi connectivity index (χ3v) is 7.28. The first-order chi connectivity index (χ1) is 12.3. The van der Waals surface area contributed by atoms with Crippen LogP contribution >= 0.6 is 11.3 Å². The van der Waals surface area contributed by atoms with Crippen LogP contribution in [0.15, 0.2) is 47.8 Å². The number of ether oxygens (including phenoxy) is 1. The minimum atomic E-state index is 0.168. The van der Waals surface area contributed by atoms with Gasteiger partial charge in [-0.3, -0.25) is 0 Å². The van der Waals surface area contributed by atoms with Crippen LogP contribution in [0.4, 0.5) is 0 Å². The Morgan fingerprint density at radius 2 is 1.84 bits per heavy atom. The molecule has 3 heteroatoms. The molecule has 4 rings (SSSR count). The van der Waals surface area contributed by atoms with Gasteiger partial charge in [0.05, 0.1) is 5.60 Å². The summed E-state index contributed by atoms with van der Waals surface area (Å²) < 4.78 is 6.34. The van der Waals surface area contributed by atoms with Crippen molar-refractivity contribution < 1.29 is 4.74 Å². The maximum Gasteiger partial charge on any atom is 0.0691 e. The van der Waals surface area contributed by atoms with Crippen LogP contribution in [0.25, 0.3) is 0 Å². The van der Waals surface area contributed by atoms with Crippen molar-refractivity contribution in [3.63, 3.8) is 0 Å². The second-order valence-electron chi connectivity index (χ2n) is 7.84. The zero-order valence-corrected chi connectivity index (χ0v) is 15.8. The van der Waals surface area contributed by atoms with Crippen LogP contribution in [-0.2, 0) is 16.7 Å². The molecule has 2 aromatic rings. The van der Waals surface area contributed by atoms with Gasteiger partial charge < -0.3 is 10.1 Å². The Morgan fingerprint density at radius 1 is 1.00 bits per heavy atom. The molecule has 2 nitrogen and oxygen atoms in total. The van der Waals surface area contributed by atoms with Crippen LogP contribution in [0, 0.1) is 0 Å². The standard InChI is InChI=1S/C22H29NOS/c1-2-7-19(8-3-1)17-23-14-12-21(20-9-6-16-25-20)13-15-24-22(18-21)10-4-5-11-22/h1-3,6-9,16,23H,4-5,10-15,17-18H2. The number of nitrogens with one attached hydrogen (secondary N) is 1. The molecule has 134 valence electrons. The number of thiophene rings is 1. The molecule has 2 aliphatic rings. The topological polar surface area (TPSA) is 21.3 Å². The summed E-state index contributed by atoms with van der Waals surface area (Å²) in [6.07, 6.45) is 8.80. The van der Waals surface area contributed by atoms with Gasteiger partial charge in [0.2, 0.25) is 0 Å². The molecule has 0 radical (unpaired) electrons. The molecule has 1 saturated carbocycles. The first-order valence-corrected chi connectivity index (χ1v) is 10.6. The molecule has 1 unspecified atom stereocenters. The molecular formula is C22H29NOS. The molecule has 0 amide bonds. The van der Waals surface area contributed by atoms with Crippen molar-refractivity contribution in [3.05, 3.63) is 58.3 Å². The molecule has 1 aliphatic heterocycles. The lowest BCUT2D eigenvalue weighted by molar-refractivity contribution is -0.103. The second kappa shape index (κ2) is 7.61. The number of hydrogen-bond donors (Lipinski definition) is 1. The van der Waals surface area contributed by atoms with Crippen molar-refractivity contribution >= 4 is 11.3 Å². The molecule has 1 aromatic heterocycles. The van der Waals surface area contributed by atoms with Crippen LogP contribution in [0.1, 0.15) is 55.4 Å². The molecule has 2 fully saturated rings. The summed E-state index contributed by atoms with van der Waals surface area (Å²) in [5.41, 5.74) is 1.84. The van der Waals surface area contributed by atoms with Gasteiger partial charge in [-0.05, 0) is 55.7 Å². The van der Waals surface area contributed by atoms with Gasteiger partial charge in [-0.25, -0.2) is 0 Å². The highest BCUT2D eigenvalue weighted by atomic mass is 32.1. The molecule has 1 aliphatic carbocycles. The fourth-order valence-electron chi connectivity index (χ4n) is 4.84. The van der Waals surface area contributed by atoms with E-state index in [0.717, 1.165) is 19.7 Å². The molecule has 1 N–H and O–H groups in total. The van der Waals surface area contributed by atoms with Crippen molar-refractivity contribution in [3.8, 4) is 0 Å². The lowest BCUT2D eigenvalue weighted by Gasteiger charge is -2.46. The first-order valence-electron chi connectivity index (χ1n) is 9.73. The van der Waals surface area contributed by atoms with Crippen LogP contribution < -0.4 is 5.32 Å². The molecule has 1 aromatic carbocycles. The summed E-state index contributed by atoms with van der Waals surface area (Å²) in [6.45, 7) is 2.96. The zero-order valence-electron chi connectivity index (χ0n) is 15.0. The molecule has 0 bridgehead atoms. The van der Waals surface area contributed by atoms with E-state index in [2.05, 4.69) is 53.2 Å². The molecule has 2 heterocycles. The third-order valence-electron chi connectivity index (χ3n) is 6.16. The van der Waals surface area contributed by atoms with E-state index in [4.69, 9.17) is 4.74 Å². The predicted octanol–water partition coefficient (Wildman–Crippen LogP) is 5.29. The van der Waals surface area contributed by atoms with Crippen molar-refractivity contribution in [1.82, 2.24) is 5.32 Å². The van der Waals surface area contributed by atoms with Gasteiger partial charge in [-0.2, -0.15) is 0 Å². The summed E-state index contributed by atoms with van der Waals surface area (Å²) in [5, 5.41) is 5.92. The predicted molar refractivity (Wildman–Crippen MR) is 105 cm³/mol. The maximum atomic E-state index is 6.34. The number of hydrogen-bond acceptors (Lipinski definition) is 3. The van der Waals surface area contributed by atoms with E-state index >= 15 is 0 Å². The monoisotopic (exact) mass is 355 g/mol. The summed E-state index contributed by atoms with van der Waals surface area (Å²) in [5.74, 6) is 0. The van der Waals surface area contributed by atoms with Crippen LogP contribution in [0.2, 0.25) is 0 Å². The molecule has 25 heavy (non-hydrogen) atoms. The molecular weight excluding hydrogens is 326 g/mol. The van der Waals surface area contributed by atoms with Gasteiger partial charge in [0.15, 0.2) is 0 Å². The summed E-state index contributed by atoms with van der Waals surface area (Å²) in [7, 11) is 0. The van der Waals surface area contributed by atoms with E-state index in [-0.39, 0.29) is 5.60 Å². The third kappa shape index (κ3) is 3.84. The van der Waals surface area contributed by atoms with E-state index in [1.165, 1.54) is 50.5 Å².